The van der Waals surface area contributed by atoms with Crippen LogP contribution >= 0.6 is 0 Å². The van der Waals surface area contributed by atoms with E-state index in [2.05, 4.69) is 75.5 Å². The average molecular weight is 394 g/mol. The number of ether oxygens (including phenoxy) is 1. The molecule has 0 radical (unpaired) electrons. The molecule has 1 N–H and O–H groups in total. The molecule has 2 nitrogen and oxygen atoms in total. The monoisotopic (exact) mass is 393 g/mol. The van der Waals surface area contributed by atoms with Crippen molar-refractivity contribution in [3.63, 3.8) is 0 Å². The Bertz CT molecular complexity index is 765. The van der Waals surface area contributed by atoms with E-state index in [1.165, 1.54) is 54.5 Å². The van der Waals surface area contributed by atoms with Gasteiger partial charge in [-0.05, 0) is 98.6 Å². The molecule has 2 aromatic rings. The van der Waals surface area contributed by atoms with Crippen molar-refractivity contribution in [2.75, 3.05) is 18.5 Å². The fourth-order valence-electron chi connectivity index (χ4n) is 4.45. The van der Waals surface area contributed by atoms with Gasteiger partial charge in [-0.3, -0.25) is 0 Å². The van der Waals surface area contributed by atoms with Crippen molar-refractivity contribution in [2.24, 2.45) is 11.8 Å². The number of benzene rings is 2. The van der Waals surface area contributed by atoms with Crippen LogP contribution in [0.5, 0.6) is 5.75 Å². The van der Waals surface area contributed by atoms with Gasteiger partial charge in [0, 0.05) is 12.2 Å². The molecule has 1 aliphatic carbocycles. The summed E-state index contributed by atoms with van der Waals surface area (Å²) in [7, 11) is 0. The molecule has 0 amide bonds. The first-order valence-electron chi connectivity index (χ1n) is 11.6. The molecular formula is C27H39NO. The predicted molar refractivity (Wildman–Crippen MR) is 125 cm³/mol. The third kappa shape index (κ3) is 6.52. The van der Waals surface area contributed by atoms with E-state index < -0.39 is 0 Å². The SMILES string of the molecule is CCCC(CCNc1cc(C)ccc1C)COc1cccc(C(CC)C2CC2)c1. The molecule has 0 aliphatic heterocycles. The Balaban J connectivity index is 1.52. The Labute approximate surface area is 178 Å². The summed E-state index contributed by atoms with van der Waals surface area (Å²) in [4.78, 5) is 0. The van der Waals surface area contributed by atoms with Gasteiger partial charge in [0.1, 0.15) is 5.75 Å². The van der Waals surface area contributed by atoms with Gasteiger partial charge in [-0.2, -0.15) is 0 Å². The standard InChI is InChI=1S/C27H39NO/c1-5-8-22(15-16-28-27-17-20(3)11-12-21(27)4)19-29-25-10-7-9-24(18-25)26(6-2)23-13-14-23/h7,9-12,17-18,22-23,26,28H,5-6,8,13-16,19H2,1-4H3. The minimum Gasteiger partial charge on any atom is -0.493 e. The first kappa shape index (κ1) is 21.7. The van der Waals surface area contributed by atoms with Crippen molar-refractivity contribution in [1.82, 2.24) is 0 Å². The van der Waals surface area contributed by atoms with Gasteiger partial charge in [0.25, 0.3) is 0 Å². The normalized spacial score (nSPS) is 15.7. The molecule has 3 rings (SSSR count). The molecule has 0 spiro atoms. The molecule has 1 saturated carbocycles. The van der Waals surface area contributed by atoms with E-state index in [9.17, 15) is 0 Å². The van der Waals surface area contributed by atoms with Crippen molar-refractivity contribution in [2.45, 2.75) is 72.1 Å². The smallest absolute Gasteiger partial charge is 0.119 e. The van der Waals surface area contributed by atoms with Gasteiger partial charge < -0.3 is 10.1 Å². The first-order chi connectivity index (χ1) is 14.1. The van der Waals surface area contributed by atoms with Crippen molar-refractivity contribution in [3.05, 3.63) is 59.2 Å². The molecule has 158 valence electrons. The largest absolute Gasteiger partial charge is 0.493 e. The van der Waals surface area contributed by atoms with E-state index >= 15 is 0 Å². The number of aryl methyl sites for hydroxylation is 2. The van der Waals surface area contributed by atoms with E-state index in [1.54, 1.807) is 0 Å². The van der Waals surface area contributed by atoms with Crippen LogP contribution in [0, 0.1) is 25.7 Å². The highest BCUT2D eigenvalue weighted by Crippen LogP contribution is 2.44. The summed E-state index contributed by atoms with van der Waals surface area (Å²) < 4.78 is 6.27. The third-order valence-corrected chi connectivity index (χ3v) is 6.36. The minimum absolute atomic E-state index is 0.590. The molecule has 29 heavy (non-hydrogen) atoms. The summed E-state index contributed by atoms with van der Waals surface area (Å²) in [5.74, 6) is 3.25. The van der Waals surface area contributed by atoms with Crippen LogP contribution in [0.4, 0.5) is 5.69 Å². The third-order valence-electron chi connectivity index (χ3n) is 6.36. The lowest BCUT2D eigenvalue weighted by atomic mass is 9.92. The van der Waals surface area contributed by atoms with E-state index in [4.69, 9.17) is 4.74 Å². The Morgan fingerprint density at radius 3 is 2.59 bits per heavy atom. The van der Waals surface area contributed by atoms with Gasteiger partial charge in [-0.25, -0.2) is 0 Å². The fourth-order valence-corrected chi connectivity index (χ4v) is 4.45. The highest BCUT2D eigenvalue weighted by atomic mass is 16.5. The van der Waals surface area contributed by atoms with Crippen LogP contribution in [0.25, 0.3) is 0 Å². The van der Waals surface area contributed by atoms with Crippen LogP contribution < -0.4 is 10.1 Å². The van der Waals surface area contributed by atoms with Gasteiger partial charge in [0.15, 0.2) is 0 Å². The summed E-state index contributed by atoms with van der Waals surface area (Å²) in [5, 5.41) is 3.64. The molecule has 2 unspecified atom stereocenters. The van der Waals surface area contributed by atoms with Crippen LogP contribution in [0.1, 0.15) is 75.0 Å². The van der Waals surface area contributed by atoms with Gasteiger partial charge in [0.05, 0.1) is 6.61 Å². The molecular weight excluding hydrogens is 354 g/mol. The predicted octanol–water partition coefficient (Wildman–Crippen LogP) is 7.50. The van der Waals surface area contributed by atoms with Crippen LogP contribution in [0.3, 0.4) is 0 Å². The molecule has 0 heterocycles. The van der Waals surface area contributed by atoms with Gasteiger partial charge >= 0.3 is 0 Å². The molecule has 1 fully saturated rings. The summed E-state index contributed by atoms with van der Waals surface area (Å²) in [6.07, 6.45) is 7.59. The minimum atomic E-state index is 0.590. The molecule has 2 aromatic carbocycles. The van der Waals surface area contributed by atoms with Crippen LogP contribution in [-0.2, 0) is 0 Å². The lowest BCUT2D eigenvalue weighted by molar-refractivity contribution is 0.233. The Morgan fingerprint density at radius 1 is 1.03 bits per heavy atom. The Hall–Kier alpha value is -1.96. The fraction of sp³-hybridized carbons (Fsp3) is 0.556. The first-order valence-corrected chi connectivity index (χ1v) is 11.6. The lowest BCUT2D eigenvalue weighted by Gasteiger charge is -2.20. The second-order valence-corrected chi connectivity index (χ2v) is 8.92. The molecule has 0 saturated heterocycles. The van der Waals surface area contributed by atoms with Gasteiger partial charge in [-0.15, -0.1) is 0 Å². The van der Waals surface area contributed by atoms with Crippen molar-refractivity contribution >= 4 is 5.69 Å². The van der Waals surface area contributed by atoms with E-state index in [1.807, 2.05) is 0 Å². The summed E-state index contributed by atoms with van der Waals surface area (Å²) in [5.41, 5.74) is 5.36. The number of nitrogens with one attached hydrogen (secondary N) is 1. The maximum atomic E-state index is 6.27. The zero-order valence-electron chi connectivity index (χ0n) is 18.8. The maximum absolute atomic E-state index is 6.27. The molecule has 1 aliphatic rings. The lowest BCUT2D eigenvalue weighted by Crippen LogP contribution is -2.17. The number of rotatable bonds is 12. The zero-order valence-corrected chi connectivity index (χ0v) is 18.8. The second-order valence-electron chi connectivity index (χ2n) is 8.92. The highest BCUT2D eigenvalue weighted by molar-refractivity contribution is 5.52. The number of hydrogen-bond donors (Lipinski definition) is 1. The Morgan fingerprint density at radius 2 is 1.86 bits per heavy atom. The van der Waals surface area contributed by atoms with Crippen LogP contribution in [0.2, 0.25) is 0 Å². The second kappa shape index (κ2) is 10.7. The van der Waals surface area contributed by atoms with E-state index in [-0.39, 0.29) is 0 Å². The quantitative estimate of drug-likeness (QED) is 0.403. The maximum Gasteiger partial charge on any atom is 0.119 e. The molecule has 0 aromatic heterocycles. The van der Waals surface area contributed by atoms with Crippen molar-refractivity contribution < 1.29 is 4.74 Å². The van der Waals surface area contributed by atoms with Gasteiger partial charge in [0.2, 0.25) is 0 Å². The summed E-state index contributed by atoms with van der Waals surface area (Å²) >= 11 is 0. The zero-order chi connectivity index (χ0) is 20.6. The molecule has 2 atom stereocenters. The number of anilines is 1. The summed E-state index contributed by atoms with van der Waals surface area (Å²) in [6, 6.07) is 15.5. The van der Waals surface area contributed by atoms with Gasteiger partial charge in [-0.1, -0.05) is 44.5 Å². The summed E-state index contributed by atoms with van der Waals surface area (Å²) in [6.45, 7) is 10.7. The average Bonchev–Trinajstić information content (AvgIpc) is 3.55. The number of hydrogen-bond acceptors (Lipinski definition) is 2. The van der Waals surface area contributed by atoms with E-state index in [0.29, 0.717) is 11.8 Å². The molecule has 2 heteroatoms. The van der Waals surface area contributed by atoms with E-state index in [0.717, 1.165) is 31.2 Å². The topological polar surface area (TPSA) is 21.3 Å². The van der Waals surface area contributed by atoms with Crippen molar-refractivity contribution in [1.29, 1.82) is 0 Å². The Kier molecular flexibility index (Phi) is 8.03. The molecule has 0 bridgehead atoms. The van der Waals surface area contributed by atoms with Crippen LogP contribution in [0.15, 0.2) is 42.5 Å². The van der Waals surface area contributed by atoms with Crippen LogP contribution in [-0.4, -0.2) is 13.2 Å². The highest BCUT2D eigenvalue weighted by Gasteiger charge is 2.31. The van der Waals surface area contributed by atoms with Crippen molar-refractivity contribution in [3.8, 4) is 5.75 Å².